The molecule has 120 valence electrons. The van der Waals surface area contributed by atoms with Gasteiger partial charge in [0.25, 0.3) is 0 Å². The predicted molar refractivity (Wildman–Crippen MR) is 77.5 cm³/mol. The van der Waals surface area contributed by atoms with Crippen molar-refractivity contribution in [1.82, 2.24) is 14.8 Å². The average molecular weight is 317 g/mol. The molecule has 1 aliphatic heterocycles. The Bertz CT molecular complexity index is 578. The Labute approximate surface area is 124 Å². The molecule has 2 heterocycles. The van der Waals surface area contributed by atoms with E-state index in [1.54, 1.807) is 4.68 Å². The SMILES string of the molecule is CC(C)n1ncnc1CC(CO)(CO)C1CCS(=O)(=O)C1. The first-order valence-electron chi connectivity index (χ1n) is 7.14. The summed E-state index contributed by atoms with van der Waals surface area (Å²) < 4.78 is 25.1. The third-order valence-electron chi connectivity index (χ3n) is 4.37. The van der Waals surface area contributed by atoms with Crippen LogP contribution >= 0.6 is 0 Å². The smallest absolute Gasteiger partial charge is 0.150 e. The summed E-state index contributed by atoms with van der Waals surface area (Å²) >= 11 is 0. The van der Waals surface area contributed by atoms with Crippen molar-refractivity contribution in [3.8, 4) is 0 Å². The van der Waals surface area contributed by atoms with E-state index in [2.05, 4.69) is 10.1 Å². The summed E-state index contributed by atoms with van der Waals surface area (Å²) in [7, 11) is -3.07. The van der Waals surface area contributed by atoms with Crippen molar-refractivity contribution in [2.75, 3.05) is 24.7 Å². The minimum atomic E-state index is -3.07. The standard InChI is InChI=1S/C13H23N3O4S/c1-10(2)16-12(14-9-15-16)5-13(7-17,8-18)11-3-4-21(19,20)6-11/h9-11,17-18H,3-8H2,1-2H3. The monoisotopic (exact) mass is 317 g/mol. The van der Waals surface area contributed by atoms with Gasteiger partial charge in [-0.3, -0.25) is 0 Å². The second kappa shape index (κ2) is 6.02. The minimum absolute atomic E-state index is 0.0178. The Balaban J connectivity index is 2.28. The summed E-state index contributed by atoms with van der Waals surface area (Å²) in [4.78, 5) is 4.21. The van der Waals surface area contributed by atoms with Crippen LogP contribution in [0.4, 0.5) is 0 Å². The molecular weight excluding hydrogens is 294 g/mol. The van der Waals surface area contributed by atoms with Crippen LogP contribution in [0.2, 0.25) is 0 Å². The van der Waals surface area contributed by atoms with Gasteiger partial charge in [-0.25, -0.2) is 18.1 Å². The van der Waals surface area contributed by atoms with Gasteiger partial charge in [-0.1, -0.05) is 0 Å². The van der Waals surface area contributed by atoms with Gasteiger partial charge in [-0.2, -0.15) is 5.10 Å². The van der Waals surface area contributed by atoms with Crippen LogP contribution in [0.15, 0.2) is 6.33 Å². The Morgan fingerprint density at radius 1 is 1.43 bits per heavy atom. The van der Waals surface area contributed by atoms with Gasteiger partial charge < -0.3 is 10.2 Å². The molecule has 0 amide bonds. The molecule has 2 rings (SSSR count). The number of sulfone groups is 1. The summed E-state index contributed by atoms with van der Waals surface area (Å²) in [6.07, 6.45) is 2.23. The highest BCUT2D eigenvalue weighted by atomic mass is 32.2. The van der Waals surface area contributed by atoms with Crippen LogP contribution < -0.4 is 0 Å². The van der Waals surface area contributed by atoms with Crippen LogP contribution in [0, 0.1) is 11.3 Å². The van der Waals surface area contributed by atoms with Crippen molar-refractivity contribution in [3.63, 3.8) is 0 Å². The number of hydrogen-bond donors (Lipinski definition) is 2. The number of aliphatic hydroxyl groups is 2. The van der Waals surface area contributed by atoms with Crippen LogP contribution in [0.5, 0.6) is 0 Å². The molecule has 1 atom stereocenters. The summed E-state index contributed by atoms with van der Waals surface area (Å²) in [6.45, 7) is 3.40. The zero-order chi connectivity index (χ0) is 15.7. The number of aliphatic hydroxyl groups excluding tert-OH is 2. The fourth-order valence-electron chi connectivity index (χ4n) is 2.99. The molecule has 21 heavy (non-hydrogen) atoms. The zero-order valence-corrected chi connectivity index (χ0v) is 13.3. The van der Waals surface area contributed by atoms with Gasteiger partial charge in [-0.15, -0.1) is 0 Å². The molecule has 1 aromatic rings. The highest BCUT2D eigenvalue weighted by Gasteiger charge is 2.45. The van der Waals surface area contributed by atoms with E-state index in [-0.39, 0.29) is 36.7 Å². The molecule has 8 heteroatoms. The summed E-state index contributed by atoms with van der Waals surface area (Å²) in [5.41, 5.74) is -0.872. The lowest BCUT2D eigenvalue weighted by molar-refractivity contribution is 0.00985. The molecule has 1 unspecified atom stereocenters. The van der Waals surface area contributed by atoms with Gasteiger partial charge in [0.1, 0.15) is 12.2 Å². The van der Waals surface area contributed by atoms with E-state index >= 15 is 0 Å². The molecule has 0 saturated carbocycles. The van der Waals surface area contributed by atoms with Crippen LogP contribution in [-0.2, 0) is 16.3 Å². The molecule has 1 fully saturated rings. The molecule has 0 bridgehead atoms. The molecule has 0 aliphatic carbocycles. The number of aromatic nitrogens is 3. The second-order valence-electron chi connectivity index (χ2n) is 6.17. The lowest BCUT2D eigenvalue weighted by Crippen LogP contribution is -2.41. The lowest BCUT2D eigenvalue weighted by atomic mass is 9.73. The van der Waals surface area contributed by atoms with Crippen LogP contribution in [-0.4, -0.2) is 58.1 Å². The van der Waals surface area contributed by atoms with E-state index in [1.165, 1.54) is 6.33 Å². The normalized spacial score (nSPS) is 22.0. The summed E-state index contributed by atoms with van der Waals surface area (Å²) in [5.74, 6) is 0.549. The van der Waals surface area contributed by atoms with Crippen molar-refractivity contribution in [2.45, 2.75) is 32.7 Å². The third-order valence-corrected chi connectivity index (χ3v) is 6.14. The maximum atomic E-state index is 11.7. The number of rotatable bonds is 6. The number of hydrogen-bond acceptors (Lipinski definition) is 6. The summed E-state index contributed by atoms with van der Waals surface area (Å²) in [6, 6.07) is 0.116. The van der Waals surface area contributed by atoms with Gasteiger partial charge >= 0.3 is 0 Å². The fourth-order valence-corrected chi connectivity index (χ4v) is 4.93. The maximum absolute atomic E-state index is 11.7. The Morgan fingerprint density at radius 3 is 2.57 bits per heavy atom. The van der Waals surface area contributed by atoms with Gasteiger partial charge in [0.2, 0.25) is 0 Å². The van der Waals surface area contributed by atoms with E-state index in [4.69, 9.17) is 0 Å². The largest absolute Gasteiger partial charge is 0.396 e. The second-order valence-corrected chi connectivity index (χ2v) is 8.40. The van der Waals surface area contributed by atoms with E-state index in [0.29, 0.717) is 18.7 Å². The molecule has 0 radical (unpaired) electrons. The highest BCUT2D eigenvalue weighted by molar-refractivity contribution is 7.91. The Kier molecular flexibility index (Phi) is 4.69. The van der Waals surface area contributed by atoms with Gasteiger partial charge in [0, 0.05) is 17.9 Å². The molecule has 1 saturated heterocycles. The van der Waals surface area contributed by atoms with E-state index in [0.717, 1.165) is 0 Å². The highest BCUT2D eigenvalue weighted by Crippen LogP contribution is 2.38. The van der Waals surface area contributed by atoms with Gasteiger partial charge in [0.05, 0.1) is 24.7 Å². The first-order valence-corrected chi connectivity index (χ1v) is 8.96. The molecule has 7 nitrogen and oxygen atoms in total. The maximum Gasteiger partial charge on any atom is 0.150 e. The van der Waals surface area contributed by atoms with Gasteiger partial charge in [-0.05, 0) is 26.2 Å². The first-order chi connectivity index (χ1) is 9.83. The molecular formula is C13H23N3O4S. The number of nitrogens with zero attached hydrogens (tertiary/aromatic N) is 3. The molecule has 0 spiro atoms. The Hall–Kier alpha value is -0.990. The van der Waals surface area contributed by atoms with E-state index in [1.807, 2.05) is 13.8 Å². The quantitative estimate of drug-likeness (QED) is 0.753. The molecule has 1 aliphatic rings. The first kappa shape index (κ1) is 16.4. The van der Waals surface area contributed by atoms with Crippen LogP contribution in [0.25, 0.3) is 0 Å². The fraction of sp³-hybridized carbons (Fsp3) is 0.846. The van der Waals surface area contributed by atoms with Gasteiger partial charge in [0.15, 0.2) is 9.84 Å². The van der Waals surface area contributed by atoms with Crippen LogP contribution in [0.1, 0.15) is 32.1 Å². The summed E-state index contributed by atoms with van der Waals surface area (Å²) in [5, 5.41) is 23.8. The Morgan fingerprint density at radius 2 is 2.10 bits per heavy atom. The topological polar surface area (TPSA) is 105 Å². The average Bonchev–Trinajstić information content (AvgIpc) is 3.02. The molecule has 0 aromatic carbocycles. The van der Waals surface area contributed by atoms with Crippen molar-refractivity contribution < 1.29 is 18.6 Å². The van der Waals surface area contributed by atoms with Crippen molar-refractivity contribution in [1.29, 1.82) is 0 Å². The van der Waals surface area contributed by atoms with Crippen molar-refractivity contribution in [3.05, 3.63) is 12.2 Å². The lowest BCUT2D eigenvalue weighted by Gasteiger charge is -2.35. The van der Waals surface area contributed by atoms with E-state index < -0.39 is 15.3 Å². The molecule has 2 N–H and O–H groups in total. The predicted octanol–water partition coefficient (Wildman–Crippen LogP) is -0.193. The zero-order valence-electron chi connectivity index (χ0n) is 12.4. The molecule has 1 aromatic heterocycles. The van der Waals surface area contributed by atoms with Crippen molar-refractivity contribution in [2.24, 2.45) is 11.3 Å². The third kappa shape index (κ3) is 3.27. The van der Waals surface area contributed by atoms with Crippen LogP contribution in [0.3, 0.4) is 0 Å². The minimum Gasteiger partial charge on any atom is -0.396 e. The van der Waals surface area contributed by atoms with Crippen molar-refractivity contribution >= 4 is 9.84 Å². The van der Waals surface area contributed by atoms with E-state index in [9.17, 15) is 18.6 Å².